The minimum Gasteiger partial charge on any atom is -0.480 e. The lowest BCUT2D eigenvalue weighted by atomic mass is 10.4. The van der Waals surface area contributed by atoms with Crippen LogP contribution in [0.3, 0.4) is 0 Å². The minimum absolute atomic E-state index is 0.366. The Balaban J connectivity index is 4.16. The van der Waals surface area contributed by atoms with Crippen molar-refractivity contribution in [3.8, 4) is 0 Å². The lowest BCUT2D eigenvalue weighted by molar-refractivity contribution is -0.142. The van der Waals surface area contributed by atoms with Gasteiger partial charge < -0.3 is 10.2 Å². The number of rotatable bonds is 6. The van der Waals surface area contributed by atoms with Crippen molar-refractivity contribution in [1.29, 1.82) is 0 Å². The van der Waals surface area contributed by atoms with E-state index in [0.29, 0.717) is 0 Å². The first-order valence-corrected chi connectivity index (χ1v) is 3.61. The highest BCUT2D eigenvalue weighted by atomic mass is 16.4. The highest BCUT2D eigenvalue weighted by Gasteiger charge is 2.15. The van der Waals surface area contributed by atoms with E-state index in [1.54, 1.807) is 5.43 Å². The molecule has 0 atom stereocenters. The zero-order chi connectivity index (χ0) is 11.1. The van der Waals surface area contributed by atoms with Gasteiger partial charge in [0.15, 0.2) is 0 Å². The van der Waals surface area contributed by atoms with Crippen molar-refractivity contribution < 1.29 is 24.6 Å². The molecule has 0 bridgehead atoms. The Bertz CT molecular complexity index is 226. The Hall–Kier alpha value is -1.67. The molecule has 0 heterocycles. The summed E-state index contributed by atoms with van der Waals surface area (Å²) in [6.07, 6.45) is 0. The third-order valence-corrected chi connectivity index (χ3v) is 1.25. The summed E-state index contributed by atoms with van der Waals surface area (Å²) in [7, 11) is 0. The zero-order valence-electron chi connectivity index (χ0n) is 7.27. The SMILES string of the molecule is NNC(=O)CN(CC(=O)O)CC(=O)O. The van der Waals surface area contributed by atoms with Gasteiger partial charge in [0.05, 0.1) is 19.6 Å². The number of carbonyl (C=O) groups excluding carboxylic acids is 1. The van der Waals surface area contributed by atoms with Crippen LogP contribution in [0.1, 0.15) is 0 Å². The van der Waals surface area contributed by atoms with Crippen LogP contribution in [0.25, 0.3) is 0 Å². The van der Waals surface area contributed by atoms with Crippen LogP contribution in [0.4, 0.5) is 0 Å². The van der Waals surface area contributed by atoms with Gasteiger partial charge in [0.2, 0.25) is 5.91 Å². The van der Waals surface area contributed by atoms with E-state index < -0.39 is 30.9 Å². The normalized spacial score (nSPS) is 9.86. The van der Waals surface area contributed by atoms with Gasteiger partial charge in [-0.25, -0.2) is 5.84 Å². The van der Waals surface area contributed by atoms with Crippen LogP contribution in [-0.2, 0) is 14.4 Å². The van der Waals surface area contributed by atoms with Crippen LogP contribution in [0.2, 0.25) is 0 Å². The number of aliphatic carboxylic acids is 2. The summed E-state index contributed by atoms with van der Waals surface area (Å²) >= 11 is 0. The molecule has 0 aromatic rings. The largest absolute Gasteiger partial charge is 0.480 e. The van der Waals surface area contributed by atoms with Gasteiger partial charge in [-0.1, -0.05) is 0 Å². The summed E-state index contributed by atoms with van der Waals surface area (Å²) in [5, 5.41) is 16.8. The highest BCUT2D eigenvalue weighted by Crippen LogP contribution is 1.87. The van der Waals surface area contributed by atoms with Crippen molar-refractivity contribution in [3.63, 3.8) is 0 Å². The third-order valence-electron chi connectivity index (χ3n) is 1.25. The number of hydrogen-bond acceptors (Lipinski definition) is 5. The van der Waals surface area contributed by atoms with Crippen molar-refractivity contribution in [3.05, 3.63) is 0 Å². The Morgan fingerprint density at radius 2 is 1.50 bits per heavy atom. The molecular weight excluding hydrogens is 194 g/mol. The Kier molecular flexibility index (Phi) is 5.19. The standard InChI is InChI=1S/C6H11N3O5/c7-8-4(10)1-9(2-5(11)12)3-6(13)14/h1-3,7H2,(H,8,10)(H,11,12)(H,13,14). The molecule has 0 aromatic carbocycles. The number of nitrogens with zero attached hydrogens (tertiary/aromatic N) is 1. The molecule has 0 unspecified atom stereocenters. The van der Waals surface area contributed by atoms with Crippen LogP contribution < -0.4 is 11.3 Å². The van der Waals surface area contributed by atoms with Gasteiger partial charge in [0.1, 0.15) is 0 Å². The topological polar surface area (TPSA) is 133 Å². The smallest absolute Gasteiger partial charge is 0.317 e. The van der Waals surface area contributed by atoms with Gasteiger partial charge in [0.25, 0.3) is 0 Å². The first-order chi connectivity index (χ1) is 6.45. The first kappa shape index (κ1) is 12.3. The average molecular weight is 205 g/mol. The van der Waals surface area contributed by atoms with E-state index in [1.807, 2.05) is 0 Å². The second-order valence-electron chi connectivity index (χ2n) is 2.50. The maximum absolute atomic E-state index is 10.7. The molecular formula is C6H11N3O5. The lowest BCUT2D eigenvalue weighted by Crippen LogP contribution is -2.44. The molecule has 0 rings (SSSR count). The van der Waals surface area contributed by atoms with E-state index in [4.69, 9.17) is 16.1 Å². The fourth-order valence-corrected chi connectivity index (χ4v) is 0.799. The number of amides is 1. The monoisotopic (exact) mass is 205 g/mol. The Labute approximate surface area is 79.3 Å². The van der Waals surface area contributed by atoms with Crippen LogP contribution in [0.15, 0.2) is 0 Å². The summed E-state index contributed by atoms with van der Waals surface area (Å²) in [5.74, 6) is 1.69. The molecule has 14 heavy (non-hydrogen) atoms. The summed E-state index contributed by atoms with van der Waals surface area (Å²) < 4.78 is 0. The summed E-state index contributed by atoms with van der Waals surface area (Å²) in [5.41, 5.74) is 1.78. The van der Waals surface area contributed by atoms with Crippen molar-refractivity contribution in [1.82, 2.24) is 10.3 Å². The first-order valence-electron chi connectivity index (χ1n) is 3.61. The van der Waals surface area contributed by atoms with E-state index in [-0.39, 0.29) is 6.54 Å². The third kappa shape index (κ3) is 5.91. The number of hydrogen-bond donors (Lipinski definition) is 4. The second-order valence-corrected chi connectivity index (χ2v) is 2.50. The molecule has 0 aliphatic rings. The molecule has 0 saturated carbocycles. The van der Waals surface area contributed by atoms with E-state index in [2.05, 4.69) is 0 Å². The van der Waals surface area contributed by atoms with E-state index in [0.717, 1.165) is 4.90 Å². The number of nitrogens with two attached hydrogens (primary N) is 1. The number of carbonyl (C=O) groups is 3. The lowest BCUT2D eigenvalue weighted by Gasteiger charge is -2.15. The molecule has 0 radical (unpaired) electrons. The quantitative estimate of drug-likeness (QED) is 0.213. The second kappa shape index (κ2) is 5.89. The van der Waals surface area contributed by atoms with Gasteiger partial charge in [-0.3, -0.25) is 24.7 Å². The molecule has 8 heteroatoms. The minimum atomic E-state index is -1.21. The van der Waals surface area contributed by atoms with Gasteiger partial charge in [-0.2, -0.15) is 0 Å². The van der Waals surface area contributed by atoms with Gasteiger partial charge in [-0.05, 0) is 0 Å². The van der Waals surface area contributed by atoms with Crippen molar-refractivity contribution in [2.75, 3.05) is 19.6 Å². The molecule has 5 N–H and O–H groups in total. The molecule has 0 fully saturated rings. The fourth-order valence-electron chi connectivity index (χ4n) is 0.799. The number of hydrazine groups is 1. The maximum atomic E-state index is 10.7. The summed E-state index contributed by atoms with van der Waals surface area (Å²) in [6.45, 7) is -1.42. The molecule has 0 spiro atoms. The van der Waals surface area contributed by atoms with Crippen LogP contribution >= 0.6 is 0 Å². The summed E-state index contributed by atoms with van der Waals surface area (Å²) in [4.78, 5) is 32.2. The van der Waals surface area contributed by atoms with Crippen molar-refractivity contribution >= 4 is 17.8 Å². The predicted octanol–water partition coefficient (Wildman–Crippen LogP) is -2.55. The highest BCUT2D eigenvalue weighted by molar-refractivity contribution is 5.79. The molecule has 0 aliphatic carbocycles. The molecule has 1 amide bonds. The predicted molar refractivity (Wildman–Crippen MR) is 44.0 cm³/mol. The molecule has 80 valence electrons. The van der Waals surface area contributed by atoms with Crippen LogP contribution in [0, 0.1) is 0 Å². The average Bonchev–Trinajstić information content (AvgIpc) is 2.01. The van der Waals surface area contributed by atoms with Gasteiger partial charge in [-0.15, -0.1) is 0 Å². The van der Waals surface area contributed by atoms with Crippen LogP contribution in [0.5, 0.6) is 0 Å². The Morgan fingerprint density at radius 3 is 1.79 bits per heavy atom. The number of carboxylic acids is 2. The molecule has 8 nitrogen and oxygen atoms in total. The molecule has 0 aromatic heterocycles. The molecule has 0 saturated heterocycles. The number of nitrogens with one attached hydrogen (secondary N) is 1. The van der Waals surface area contributed by atoms with Crippen molar-refractivity contribution in [2.24, 2.45) is 5.84 Å². The zero-order valence-corrected chi connectivity index (χ0v) is 7.27. The molecule has 0 aliphatic heterocycles. The fraction of sp³-hybridized carbons (Fsp3) is 0.500. The van der Waals surface area contributed by atoms with Crippen LogP contribution in [-0.4, -0.2) is 52.6 Å². The van der Waals surface area contributed by atoms with Gasteiger partial charge >= 0.3 is 11.9 Å². The van der Waals surface area contributed by atoms with E-state index in [9.17, 15) is 14.4 Å². The van der Waals surface area contributed by atoms with E-state index in [1.165, 1.54) is 0 Å². The van der Waals surface area contributed by atoms with E-state index >= 15 is 0 Å². The number of carboxylic acid groups (broad SMARTS) is 2. The Morgan fingerprint density at radius 1 is 1.07 bits per heavy atom. The summed E-state index contributed by atoms with van der Waals surface area (Å²) in [6, 6.07) is 0. The van der Waals surface area contributed by atoms with Crippen molar-refractivity contribution in [2.45, 2.75) is 0 Å². The van der Waals surface area contributed by atoms with Gasteiger partial charge in [0, 0.05) is 0 Å². The maximum Gasteiger partial charge on any atom is 0.317 e.